The van der Waals surface area contributed by atoms with E-state index >= 15 is 0 Å². The minimum absolute atomic E-state index is 0.159. The van der Waals surface area contributed by atoms with E-state index in [0.717, 1.165) is 17.0 Å². The number of imidazole rings is 1. The Morgan fingerprint density at radius 2 is 1.69 bits per heavy atom. The average molecular weight is 451 g/mol. The highest BCUT2D eigenvalue weighted by Gasteiger charge is 2.17. The van der Waals surface area contributed by atoms with Gasteiger partial charge in [0.05, 0.1) is 28.8 Å². The maximum atomic E-state index is 12.5. The summed E-state index contributed by atoms with van der Waals surface area (Å²) in [6.45, 7) is 3.70. The minimum Gasteiger partial charge on any atom is -0.339 e. The number of rotatable bonds is 6. The van der Waals surface area contributed by atoms with E-state index in [1.807, 2.05) is 31.5 Å². The number of anilines is 4. The first-order valence-corrected chi connectivity index (χ1v) is 11.6. The van der Waals surface area contributed by atoms with E-state index in [1.165, 1.54) is 12.6 Å². The van der Waals surface area contributed by atoms with Crippen LogP contribution in [0.5, 0.6) is 0 Å². The second-order valence-electron chi connectivity index (χ2n) is 7.35. The quantitative estimate of drug-likeness (QED) is 0.455. The van der Waals surface area contributed by atoms with Gasteiger partial charge in [-0.3, -0.25) is 0 Å². The molecule has 0 bridgehead atoms. The van der Waals surface area contributed by atoms with Gasteiger partial charge in [0.1, 0.15) is 29.6 Å². The van der Waals surface area contributed by atoms with Gasteiger partial charge in [-0.05, 0) is 26.0 Å². The number of aromatic nitrogens is 6. The van der Waals surface area contributed by atoms with Crippen LogP contribution in [0.25, 0.3) is 11.3 Å². The lowest BCUT2D eigenvalue weighted by Gasteiger charge is -2.13. The van der Waals surface area contributed by atoms with Crippen LogP contribution < -0.4 is 10.6 Å². The molecule has 32 heavy (non-hydrogen) atoms. The standard InChI is InChI=1S/C21H22N8O2S/c1-13-7-21(26-14(2)25-13)28-20-9-19(23-11-24-20)27-16-6-5-15(8-18(16)32(4,30)31)17-10-22-12-29(17)3/h5-12H,1-4H3,(H2,23,24,25,26,27,28). The lowest BCUT2D eigenvalue weighted by atomic mass is 10.1. The van der Waals surface area contributed by atoms with Crippen molar-refractivity contribution in [1.29, 1.82) is 0 Å². The number of nitrogens with one attached hydrogen (secondary N) is 2. The Kier molecular flexibility index (Phi) is 5.57. The molecule has 0 spiro atoms. The Hall–Kier alpha value is -3.86. The third-order valence-electron chi connectivity index (χ3n) is 4.65. The van der Waals surface area contributed by atoms with Crippen molar-refractivity contribution in [2.75, 3.05) is 16.9 Å². The Bertz CT molecular complexity index is 1380. The number of hydrogen-bond donors (Lipinski definition) is 2. The maximum Gasteiger partial charge on any atom is 0.177 e. The lowest BCUT2D eigenvalue weighted by molar-refractivity contribution is 0.602. The van der Waals surface area contributed by atoms with E-state index in [1.54, 1.807) is 36.8 Å². The molecule has 2 N–H and O–H groups in total. The van der Waals surface area contributed by atoms with Crippen LogP contribution in [0.4, 0.5) is 23.1 Å². The van der Waals surface area contributed by atoms with Crippen molar-refractivity contribution in [3.63, 3.8) is 0 Å². The van der Waals surface area contributed by atoms with Gasteiger partial charge in [0.2, 0.25) is 0 Å². The van der Waals surface area contributed by atoms with Crippen molar-refractivity contribution in [3.05, 3.63) is 60.7 Å². The predicted molar refractivity (Wildman–Crippen MR) is 122 cm³/mol. The van der Waals surface area contributed by atoms with E-state index < -0.39 is 9.84 Å². The van der Waals surface area contributed by atoms with Gasteiger partial charge in [0.25, 0.3) is 0 Å². The largest absolute Gasteiger partial charge is 0.339 e. The van der Waals surface area contributed by atoms with Crippen molar-refractivity contribution < 1.29 is 8.42 Å². The summed E-state index contributed by atoms with van der Waals surface area (Å²) < 4.78 is 26.8. The molecule has 4 aromatic rings. The summed E-state index contributed by atoms with van der Waals surface area (Å²) in [7, 11) is -1.66. The molecule has 0 fully saturated rings. The summed E-state index contributed by atoms with van der Waals surface area (Å²) in [6.07, 6.45) is 5.91. The number of aryl methyl sites for hydroxylation is 3. The van der Waals surface area contributed by atoms with E-state index in [4.69, 9.17) is 0 Å². The van der Waals surface area contributed by atoms with Crippen molar-refractivity contribution in [2.24, 2.45) is 7.05 Å². The fourth-order valence-corrected chi connectivity index (χ4v) is 4.13. The van der Waals surface area contributed by atoms with Gasteiger partial charge in [-0.1, -0.05) is 6.07 Å². The molecule has 0 saturated carbocycles. The molecule has 1 aromatic carbocycles. The van der Waals surface area contributed by atoms with Gasteiger partial charge in [-0.15, -0.1) is 0 Å². The van der Waals surface area contributed by atoms with Crippen LogP contribution in [-0.2, 0) is 16.9 Å². The summed E-state index contributed by atoms with van der Waals surface area (Å²) in [6, 6.07) is 8.66. The van der Waals surface area contributed by atoms with Crippen LogP contribution in [0.2, 0.25) is 0 Å². The third-order valence-corrected chi connectivity index (χ3v) is 5.78. The molecule has 0 amide bonds. The second-order valence-corrected chi connectivity index (χ2v) is 9.34. The highest BCUT2D eigenvalue weighted by molar-refractivity contribution is 7.90. The number of sulfone groups is 1. The summed E-state index contributed by atoms with van der Waals surface area (Å²) in [4.78, 5) is 21.3. The Morgan fingerprint density at radius 1 is 0.938 bits per heavy atom. The zero-order valence-corrected chi connectivity index (χ0v) is 18.8. The summed E-state index contributed by atoms with van der Waals surface area (Å²) in [5.41, 5.74) is 2.80. The molecule has 0 unspecified atom stereocenters. The highest BCUT2D eigenvalue weighted by Crippen LogP contribution is 2.30. The molecule has 10 nitrogen and oxygen atoms in total. The summed E-state index contributed by atoms with van der Waals surface area (Å²) in [5.74, 6) is 2.19. The van der Waals surface area contributed by atoms with Crippen LogP contribution in [0.1, 0.15) is 11.5 Å². The van der Waals surface area contributed by atoms with E-state index in [0.29, 0.717) is 29.0 Å². The predicted octanol–water partition coefficient (Wildman–Crippen LogP) is 3.17. The normalized spacial score (nSPS) is 11.4. The third kappa shape index (κ3) is 4.72. The SMILES string of the molecule is Cc1cc(Nc2cc(Nc3ccc(-c4cncn4C)cc3S(C)(=O)=O)ncn2)nc(C)n1. The molecule has 3 heterocycles. The van der Waals surface area contributed by atoms with Gasteiger partial charge >= 0.3 is 0 Å². The Labute approximate surface area is 185 Å². The van der Waals surface area contributed by atoms with Gasteiger partial charge in [0, 0.05) is 36.7 Å². The molecule has 0 aliphatic heterocycles. The Morgan fingerprint density at radius 3 is 2.34 bits per heavy atom. The fourth-order valence-electron chi connectivity index (χ4n) is 3.27. The molecular formula is C21H22N8O2S. The molecule has 164 valence electrons. The van der Waals surface area contributed by atoms with Gasteiger partial charge < -0.3 is 15.2 Å². The zero-order chi connectivity index (χ0) is 22.9. The van der Waals surface area contributed by atoms with Gasteiger partial charge in [0.15, 0.2) is 9.84 Å². The summed E-state index contributed by atoms with van der Waals surface area (Å²) >= 11 is 0. The van der Waals surface area contributed by atoms with E-state index in [-0.39, 0.29) is 4.90 Å². The molecular weight excluding hydrogens is 428 g/mol. The summed E-state index contributed by atoms with van der Waals surface area (Å²) in [5, 5.41) is 6.21. The fraction of sp³-hybridized carbons (Fsp3) is 0.190. The van der Waals surface area contributed by atoms with Crippen LogP contribution >= 0.6 is 0 Å². The molecule has 0 aliphatic carbocycles. The van der Waals surface area contributed by atoms with E-state index in [9.17, 15) is 8.42 Å². The van der Waals surface area contributed by atoms with Crippen molar-refractivity contribution in [3.8, 4) is 11.3 Å². The topological polar surface area (TPSA) is 128 Å². The molecule has 3 aromatic heterocycles. The van der Waals surface area contributed by atoms with Crippen LogP contribution in [0.15, 0.2) is 54.1 Å². The van der Waals surface area contributed by atoms with Gasteiger partial charge in [-0.25, -0.2) is 33.3 Å². The first-order chi connectivity index (χ1) is 15.2. The van der Waals surface area contributed by atoms with Gasteiger partial charge in [-0.2, -0.15) is 0 Å². The molecule has 0 saturated heterocycles. The molecule has 4 rings (SSSR count). The number of nitrogens with zero attached hydrogens (tertiary/aromatic N) is 6. The molecule has 0 atom stereocenters. The molecule has 11 heteroatoms. The Balaban J connectivity index is 1.65. The van der Waals surface area contributed by atoms with Crippen LogP contribution in [-0.4, -0.2) is 44.2 Å². The maximum absolute atomic E-state index is 12.5. The first kappa shape index (κ1) is 21.4. The smallest absolute Gasteiger partial charge is 0.177 e. The van der Waals surface area contributed by atoms with Crippen LogP contribution in [0, 0.1) is 13.8 Å². The van der Waals surface area contributed by atoms with E-state index in [2.05, 4.69) is 35.6 Å². The van der Waals surface area contributed by atoms with Crippen molar-refractivity contribution in [2.45, 2.75) is 18.7 Å². The monoisotopic (exact) mass is 450 g/mol. The second kappa shape index (κ2) is 8.35. The average Bonchev–Trinajstić information content (AvgIpc) is 3.13. The van der Waals surface area contributed by atoms with Crippen molar-refractivity contribution >= 4 is 33.0 Å². The minimum atomic E-state index is -3.52. The highest BCUT2D eigenvalue weighted by atomic mass is 32.2. The molecule has 0 radical (unpaired) electrons. The molecule has 0 aliphatic rings. The lowest BCUT2D eigenvalue weighted by Crippen LogP contribution is -2.05. The van der Waals surface area contributed by atoms with Crippen LogP contribution in [0.3, 0.4) is 0 Å². The first-order valence-electron chi connectivity index (χ1n) is 9.68. The number of hydrogen-bond acceptors (Lipinski definition) is 9. The number of benzene rings is 1. The zero-order valence-electron chi connectivity index (χ0n) is 18.0. The van der Waals surface area contributed by atoms with Crippen molar-refractivity contribution in [1.82, 2.24) is 29.5 Å².